The van der Waals surface area contributed by atoms with Gasteiger partial charge in [0.15, 0.2) is 11.2 Å². The van der Waals surface area contributed by atoms with Crippen LogP contribution >= 0.6 is 0 Å². The van der Waals surface area contributed by atoms with E-state index < -0.39 is 0 Å². The minimum Gasteiger partial charge on any atom is -0.456 e. The Hall–Kier alpha value is -9.26. The zero-order valence-corrected chi connectivity index (χ0v) is 43.2. The Morgan fingerprint density at radius 2 is 0.711 bits per heavy atom. The van der Waals surface area contributed by atoms with Crippen LogP contribution in [0.1, 0.15) is 61.8 Å². The zero-order chi connectivity index (χ0) is 51.1. The van der Waals surface area contributed by atoms with Gasteiger partial charge in [0.05, 0.1) is 11.4 Å². The lowest BCUT2D eigenvalue weighted by atomic mass is 9.96. The lowest BCUT2D eigenvalue weighted by molar-refractivity contribution is 0.656. The topological polar surface area (TPSA) is 59.0 Å². The van der Waals surface area contributed by atoms with Crippen molar-refractivity contribution in [3.8, 4) is 0 Å². The van der Waals surface area contributed by atoms with Gasteiger partial charge in [-0.05, 0) is 148 Å². The first-order valence-corrected chi connectivity index (χ1v) is 26.4. The Morgan fingerprint density at radius 3 is 1.16 bits per heavy atom. The summed E-state index contributed by atoms with van der Waals surface area (Å²) in [5, 5.41) is 13.1. The maximum absolute atomic E-state index is 6.80. The Kier molecular flexibility index (Phi) is 9.68. The van der Waals surface area contributed by atoms with Crippen molar-refractivity contribution in [2.24, 2.45) is 0 Å². The van der Waals surface area contributed by atoms with Crippen LogP contribution in [-0.4, -0.2) is 0 Å². The third kappa shape index (κ3) is 6.66. The number of anilines is 6. The summed E-state index contributed by atoms with van der Waals surface area (Å²) in [6.07, 6.45) is 0. The number of benzene rings is 11. The van der Waals surface area contributed by atoms with Crippen molar-refractivity contribution in [1.82, 2.24) is 0 Å². The van der Waals surface area contributed by atoms with Gasteiger partial charge in [-0.2, -0.15) is 0 Å². The number of rotatable bonds is 8. The van der Waals surface area contributed by atoms with Crippen LogP contribution in [0.25, 0.3) is 109 Å². The first kappa shape index (κ1) is 44.2. The second kappa shape index (κ2) is 16.6. The van der Waals surface area contributed by atoms with E-state index in [2.05, 4.69) is 233 Å². The van der Waals surface area contributed by atoms with Crippen molar-refractivity contribution >= 4 is 143 Å². The predicted octanol–water partition coefficient (Wildman–Crippen LogP) is 21.4. The van der Waals surface area contributed by atoms with Crippen molar-refractivity contribution < 1.29 is 17.7 Å². The minimum absolute atomic E-state index is 0.244. The van der Waals surface area contributed by atoms with Crippen molar-refractivity contribution in [3.63, 3.8) is 0 Å². The number of para-hydroxylation sites is 4. The molecule has 76 heavy (non-hydrogen) atoms. The van der Waals surface area contributed by atoms with Crippen molar-refractivity contribution in [2.45, 2.75) is 53.4 Å². The molecule has 366 valence electrons. The minimum atomic E-state index is 0.244. The molecule has 11 aromatic carbocycles. The molecule has 6 heteroatoms. The second-order valence-electron chi connectivity index (χ2n) is 21.3. The van der Waals surface area contributed by atoms with Crippen LogP contribution in [-0.2, 0) is 0 Å². The molecule has 6 nitrogen and oxygen atoms in total. The Balaban J connectivity index is 0.857. The second-order valence-corrected chi connectivity index (χ2v) is 21.3. The van der Waals surface area contributed by atoms with Gasteiger partial charge in [-0.15, -0.1) is 0 Å². The van der Waals surface area contributed by atoms with Crippen molar-refractivity contribution in [3.05, 3.63) is 216 Å². The fourth-order valence-electron chi connectivity index (χ4n) is 12.2. The van der Waals surface area contributed by atoms with E-state index in [4.69, 9.17) is 17.7 Å². The quantitative estimate of drug-likeness (QED) is 0.151. The molecular weight excluding hydrogens is 933 g/mol. The standard InChI is InChI=1S/C70H52N2O4/c1-39(2)49-27-29-53-51-17-9-13-21-61(51)75-69(53)67(49)71(59-19-11-7-15-41(59)5)47-25-23-43-33-55-57-37-58-56-34-44-24-26-48(32-46(44)36-64(56)74-66(58)38-65(57)73-63(55)35-45(43)31-47)72(60-20-12-8-16-42(60)6)68-50(40(3)4)28-30-54-52-18-10-14-22-62(52)76-70(54)68/h7-40H,1-6H3. The molecule has 0 atom stereocenters. The number of aryl methyl sites for hydroxylation is 2. The lowest BCUT2D eigenvalue weighted by Crippen LogP contribution is -2.14. The highest BCUT2D eigenvalue weighted by atomic mass is 16.3. The molecule has 0 spiro atoms. The zero-order valence-electron chi connectivity index (χ0n) is 43.2. The molecule has 0 aliphatic rings. The van der Waals surface area contributed by atoms with Crippen molar-refractivity contribution in [2.75, 3.05) is 9.80 Å². The largest absolute Gasteiger partial charge is 0.456 e. The van der Waals surface area contributed by atoms with E-state index >= 15 is 0 Å². The molecule has 15 rings (SSSR count). The molecule has 0 N–H and O–H groups in total. The van der Waals surface area contributed by atoms with Crippen LogP contribution < -0.4 is 9.80 Å². The van der Waals surface area contributed by atoms with E-state index in [0.717, 1.165) is 143 Å². The van der Waals surface area contributed by atoms with Crippen LogP contribution in [0, 0.1) is 13.8 Å². The Morgan fingerprint density at radius 1 is 0.303 bits per heavy atom. The SMILES string of the molecule is Cc1ccccc1N(c1ccc2cc3c(cc2c1)oc1cc2oc4cc5cc(N(c6ccccc6C)c6c(C(C)C)ccc7c6oc6ccccc67)ccc5cc4c2cc13)c1c(C(C)C)ccc2c1oc1ccccc12. The molecule has 0 aliphatic carbocycles. The average molecular weight is 985 g/mol. The maximum atomic E-state index is 6.80. The number of fused-ring (bicyclic) bond motifs is 14. The molecular formula is C70H52N2O4. The lowest BCUT2D eigenvalue weighted by Gasteiger charge is -2.30. The average Bonchev–Trinajstić information content (AvgIpc) is 4.33. The highest BCUT2D eigenvalue weighted by molar-refractivity contribution is 6.19. The number of furan rings is 4. The smallest absolute Gasteiger partial charge is 0.159 e. The first-order chi connectivity index (χ1) is 37.1. The molecule has 0 saturated heterocycles. The summed E-state index contributed by atoms with van der Waals surface area (Å²) in [6.45, 7) is 13.4. The first-order valence-electron chi connectivity index (χ1n) is 26.4. The molecule has 0 aliphatic heterocycles. The van der Waals surface area contributed by atoms with E-state index in [1.54, 1.807) is 0 Å². The van der Waals surface area contributed by atoms with Gasteiger partial charge in [0.2, 0.25) is 0 Å². The molecule has 4 heterocycles. The monoisotopic (exact) mass is 984 g/mol. The summed E-state index contributed by atoms with van der Waals surface area (Å²) >= 11 is 0. The summed E-state index contributed by atoms with van der Waals surface area (Å²) in [5.41, 5.74) is 18.0. The van der Waals surface area contributed by atoms with E-state index in [1.807, 2.05) is 12.1 Å². The van der Waals surface area contributed by atoms with Gasteiger partial charge < -0.3 is 27.5 Å². The molecule has 0 radical (unpaired) electrons. The summed E-state index contributed by atoms with van der Waals surface area (Å²) < 4.78 is 27.2. The highest BCUT2D eigenvalue weighted by Gasteiger charge is 2.28. The van der Waals surface area contributed by atoms with Gasteiger partial charge in [0.1, 0.15) is 33.5 Å². The highest BCUT2D eigenvalue weighted by Crippen LogP contribution is 2.50. The van der Waals surface area contributed by atoms with Gasteiger partial charge in [-0.1, -0.05) is 137 Å². The molecule has 0 saturated carbocycles. The molecule has 0 fully saturated rings. The molecule has 15 aromatic rings. The molecule has 4 aromatic heterocycles. The van der Waals surface area contributed by atoms with E-state index in [9.17, 15) is 0 Å². The van der Waals surface area contributed by atoms with Gasteiger partial charge in [0, 0.05) is 71.9 Å². The summed E-state index contributed by atoms with van der Waals surface area (Å²) in [4.78, 5) is 4.79. The number of hydrogen-bond acceptors (Lipinski definition) is 6. The van der Waals surface area contributed by atoms with Crippen LogP contribution in [0.2, 0.25) is 0 Å². The van der Waals surface area contributed by atoms with Gasteiger partial charge in [0.25, 0.3) is 0 Å². The fraction of sp³-hybridized carbons (Fsp3) is 0.114. The number of hydrogen-bond donors (Lipinski definition) is 0. The molecule has 0 amide bonds. The van der Waals surface area contributed by atoms with Gasteiger partial charge in [-0.25, -0.2) is 0 Å². The molecule has 0 bridgehead atoms. The van der Waals surface area contributed by atoms with E-state index in [0.29, 0.717) is 0 Å². The van der Waals surface area contributed by atoms with Crippen LogP contribution in [0.3, 0.4) is 0 Å². The Labute approximate surface area is 438 Å². The van der Waals surface area contributed by atoms with Gasteiger partial charge in [-0.3, -0.25) is 0 Å². The van der Waals surface area contributed by atoms with Crippen LogP contribution in [0.5, 0.6) is 0 Å². The van der Waals surface area contributed by atoms with Crippen molar-refractivity contribution in [1.29, 1.82) is 0 Å². The van der Waals surface area contributed by atoms with Crippen LogP contribution in [0.4, 0.5) is 34.1 Å². The normalized spacial score (nSPS) is 12.3. The van der Waals surface area contributed by atoms with Crippen LogP contribution in [0.15, 0.2) is 212 Å². The van der Waals surface area contributed by atoms with E-state index in [1.165, 1.54) is 22.3 Å². The summed E-state index contributed by atoms with van der Waals surface area (Å²) in [7, 11) is 0. The summed E-state index contributed by atoms with van der Waals surface area (Å²) in [5.74, 6) is 0.488. The number of nitrogens with zero attached hydrogens (tertiary/aromatic N) is 2. The van der Waals surface area contributed by atoms with Gasteiger partial charge >= 0.3 is 0 Å². The predicted molar refractivity (Wildman–Crippen MR) is 318 cm³/mol. The summed E-state index contributed by atoms with van der Waals surface area (Å²) in [6, 6.07) is 69.7. The molecule has 0 unspecified atom stereocenters. The maximum Gasteiger partial charge on any atom is 0.159 e. The Bertz CT molecular complexity index is 4580. The third-order valence-corrected chi connectivity index (χ3v) is 16.0. The third-order valence-electron chi connectivity index (χ3n) is 16.0. The van der Waals surface area contributed by atoms with E-state index in [-0.39, 0.29) is 11.8 Å². The fourth-order valence-corrected chi connectivity index (χ4v) is 12.2.